The highest BCUT2D eigenvalue weighted by Crippen LogP contribution is 2.28. The van der Waals surface area contributed by atoms with Crippen molar-refractivity contribution in [1.29, 1.82) is 0 Å². The predicted octanol–water partition coefficient (Wildman–Crippen LogP) is 0.434. The zero-order valence-electron chi connectivity index (χ0n) is 12.8. The molecule has 1 unspecified atom stereocenters. The number of sulfonamides is 1. The average molecular weight is 317 g/mol. The van der Waals surface area contributed by atoms with Gasteiger partial charge in [-0.3, -0.25) is 4.79 Å². The van der Waals surface area contributed by atoms with Gasteiger partial charge in [-0.05, 0) is 32.6 Å². The Labute approximate surface area is 127 Å². The second-order valence-corrected chi connectivity index (χ2v) is 8.32. The topological polar surface area (TPSA) is 92.5 Å². The van der Waals surface area contributed by atoms with Crippen molar-refractivity contribution in [1.82, 2.24) is 9.62 Å². The molecule has 0 bridgehead atoms. The number of piperidine rings is 1. The Morgan fingerprint density at radius 1 is 1.29 bits per heavy atom. The Kier molecular flexibility index (Phi) is 5.62. The quantitative estimate of drug-likeness (QED) is 0.769. The largest absolute Gasteiger partial charge is 0.341 e. The van der Waals surface area contributed by atoms with E-state index in [1.165, 1.54) is 0 Å². The first-order valence-corrected chi connectivity index (χ1v) is 9.48. The summed E-state index contributed by atoms with van der Waals surface area (Å²) in [6.07, 6.45) is 5.50. The van der Waals surface area contributed by atoms with E-state index in [0.717, 1.165) is 32.1 Å². The number of nitrogens with one attached hydrogen (secondary N) is 1. The maximum absolute atomic E-state index is 12.4. The van der Waals surface area contributed by atoms with Crippen molar-refractivity contribution < 1.29 is 13.2 Å². The SMILES string of the molecule is C[C@H](CN)NS(=O)(=O)C1CCCN(C(=O)C2CCCC2)C1. The zero-order valence-corrected chi connectivity index (χ0v) is 13.6. The molecule has 122 valence electrons. The zero-order chi connectivity index (χ0) is 15.5. The third-order valence-electron chi connectivity index (χ3n) is 4.55. The molecule has 0 aromatic carbocycles. The molecule has 0 spiro atoms. The number of hydrogen-bond acceptors (Lipinski definition) is 4. The first kappa shape index (κ1) is 16.7. The van der Waals surface area contributed by atoms with Gasteiger partial charge in [0.2, 0.25) is 15.9 Å². The molecule has 0 radical (unpaired) electrons. The van der Waals surface area contributed by atoms with E-state index in [-0.39, 0.29) is 24.4 Å². The van der Waals surface area contributed by atoms with Gasteiger partial charge < -0.3 is 10.6 Å². The molecule has 0 aromatic rings. The van der Waals surface area contributed by atoms with Gasteiger partial charge in [0.1, 0.15) is 0 Å². The van der Waals surface area contributed by atoms with Crippen LogP contribution >= 0.6 is 0 Å². The van der Waals surface area contributed by atoms with Gasteiger partial charge in [-0.15, -0.1) is 0 Å². The summed E-state index contributed by atoms with van der Waals surface area (Å²) in [5.74, 6) is 0.265. The number of carbonyl (C=O) groups excluding carboxylic acids is 1. The maximum Gasteiger partial charge on any atom is 0.225 e. The summed E-state index contributed by atoms with van der Waals surface area (Å²) in [7, 11) is -3.41. The van der Waals surface area contributed by atoms with Crippen molar-refractivity contribution in [3.8, 4) is 0 Å². The number of nitrogens with zero attached hydrogens (tertiary/aromatic N) is 1. The monoisotopic (exact) mass is 317 g/mol. The minimum Gasteiger partial charge on any atom is -0.341 e. The third-order valence-corrected chi connectivity index (χ3v) is 6.55. The minimum absolute atomic E-state index is 0.113. The second kappa shape index (κ2) is 7.07. The van der Waals surface area contributed by atoms with E-state index in [9.17, 15) is 13.2 Å². The van der Waals surface area contributed by atoms with Gasteiger partial charge in [0, 0.05) is 31.6 Å². The number of hydrogen-bond donors (Lipinski definition) is 2. The lowest BCUT2D eigenvalue weighted by Gasteiger charge is -2.34. The maximum atomic E-state index is 12.4. The number of carbonyl (C=O) groups is 1. The van der Waals surface area contributed by atoms with Crippen LogP contribution in [0.4, 0.5) is 0 Å². The standard InChI is InChI=1S/C14H27N3O3S/c1-11(9-15)16-21(19,20)13-7-4-8-17(10-13)14(18)12-5-2-3-6-12/h11-13,16H,2-10,15H2,1H3/t11-,13?/m1/s1. The normalized spacial score (nSPS) is 26.0. The van der Waals surface area contributed by atoms with Crippen LogP contribution in [0.3, 0.4) is 0 Å². The summed E-state index contributed by atoms with van der Waals surface area (Å²) < 4.78 is 27.3. The first-order valence-electron chi connectivity index (χ1n) is 7.94. The summed E-state index contributed by atoms with van der Waals surface area (Å²) in [5.41, 5.74) is 5.48. The van der Waals surface area contributed by atoms with Gasteiger partial charge in [-0.25, -0.2) is 13.1 Å². The fraction of sp³-hybridized carbons (Fsp3) is 0.929. The molecule has 3 N–H and O–H groups in total. The molecule has 2 atom stereocenters. The molecule has 1 amide bonds. The van der Waals surface area contributed by atoms with Crippen LogP contribution in [-0.4, -0.2) is 50.2 Å². The van der Waals surface area contributed by atoms with E-state index in [0.29, 0.717) is 19.5 Å². The van der Waals surface area contributed by atoms with Crippen LogP contribution in [-0.2, 0) is 14.8 Å². The number of amides is 1. The van der Waals surface area contributed by atoms with Crippen LogP contribution in [0.2, 0.25) is 0 Å². The van der Waals surface area contributed by atoms with Crippen molar-refractivity contribution in [2.24, 2.45) is 11.7 Å². The smallest absolute Gasteiger partial charge is 0.225 e. The van der Waals surface area contributed by atoms with Crippen LogP contribution in [0.25, 0.3) is 0 Å². The van der Waals surface area contributed by atoms with Crippen molar-refractivity contribution in [2.75, 3.05) is 19.6 Å². The van der Waals surface area contributed by atoms with Crippen molar-refractivity contribution >= 4 is 15.9 Å². The van der Waals surface area contributed by atoms with Crippen molar-refractivity contribution in [3.63, 3.8) is 0 Å². The lowest BCUT2D eigenvalue weighted by Crippen LogP contribution is -2.51. The van der Waals surface area contributed by atoms with Crippen molar-refractivity contribution in [3.05, 3.63) is 0 Å². The molecular weight excluding hydrogens is 290 g/mol. The third kappa shape index (κ3) is 4.17. The van der Waals surface area contributed by atoms with Crippen LogP contribution in [0, 0.1) is 5.92 Å². The fourth-order valence-electron chi connectivity index (χ4n) is 3.25. The molecule has 1 saturated carbocycles. The molecule has 0 aromatic heterocycles. The Morgan fingerprint density at radius 2 is 1.95 bits per heavy atom. The molecule has 7 heteroatoms. The highest BCUT2D eigenvalue weighted by molar-refractivity contribution is 7.90. The van der Waals surface area contributed by atoms with E-state index in [4.69, 9.17) is 5.73 Å². The molecule has 21 heavy (non-hydrogen) atoms. The predicted molar refractivity (Wildman–Crippen MR) is 82.1 cm³/mol. The Morgan fingerprint density at radius 3 is 2.57 bits per heavy atom. The molecule has 6 nitrogen and oxygen atoms in total. The fourth-order valence-corrected chi connectivity index (χ4v) is 4.95. The Hall–Kier alpha value is -0.660. The molecule has 1 saturated heterocycles. The Balaban J connectivity index is 1.98. The van der Waals surface area contributed by atoms with Gasteiger partial charge in [0.05, 0.1) is 5.25 Å². The number of rotatable bonds is 5. The van der Waals surface area contributed by atoms with Gasteiger partial charge in [0.25, 0.3) is 0 Å². The molecule has 2 rings (SSSR count). The van der Waals surface area contributed by atoms with E-state index in [1.54, 1.807) is 11.8 Å². The molecule has 2 fully saturated rings. The first-order chi connectivity index (χ1) is 9.94. The summed E-state index contributed by atoms with van der Waals surface area (Å²) in [5, 5.41) is -0.509. The molecule has 1 heterocycles. The van der Waals surface area contributed by atoms with Crippen LogP contribution in [0.5, 0.6) is 0 Å². The average Bonchev–Trinajstić information content (AvgIpc) is 3.00. The van der Waals surface area contributed by atoms with Gasteiger partial charge in [-0.1, -0.05) is 12.8 Å². The van der Waals surface area contributed by atoms with E-state index < -0.39 is 15.3 Å². The van der Waals surface area contributed by atoms with E-state index in [1.807, 2.05) is 0 Å². The van der Waals surface area contributed by atoms with Crippen LogP contribution < -0.4 is 10.5 Å². The molecule has 1 aliphatic carbocycles. The number of nitrogens with two attached hydrogens (primary N) is 1. The lowest BCUT2D eigenvalue weighted by molar-refractivity contribution is -0.136. The molecule has 2 aliphatic rings. The summed E-state index contributed by atoms with van der Waals surface area (Å²) in [6, 6.07) is -0.268. The Bertz CT molecular complexity index is 460. The van der Waals surface area contributed by atoms with Crippen LogP contribution in [0.15, 0.2) is 0 Å². The minimum atomic E-state index is -3.41. The van der Waals surface area contributed by atoms with Gasteiger partial charge in [-0.2, -0.15) is 0 Å². The van der Waals surface area contributed by atoms with Crippen molar-refractivity contribution in [2.45, 2.75) is 56.7 Å². The van der Waals surface area contributed by atoms with E-state index in [2.05, 4.69) is 4.72 Å². The van der Waals surface area contributed by atoms with Gasteiger partial charge >= 0.3 is 0 Å². The molecule has 1 aliphatic heterocycles. The van der Waals surface area contributed by atoms with E-state index >= 15 is 0 Å². The highest BCUT2D eigenvalue weighted by Gasteiger charge is 2.35. The summed E-state index contributed by atoms with van der Waals surface area (Å²) in [4.78, 5) is 14.2. The van der Waals surface area contributed by atoms with Gasteiger partial charge in [0.15, 0.2) is 0 Å². The molecular formula is C14H27N3O3S. The summed E-state index contributed by atoms with van der Waals surface area (Å²) in [6.45, 7) is 3.04. The second-order valence-electron chi connectivity index (χ2n) is 6.33. The van der Waals surface area contributed by atoms with Crippen LogP contribution in [0.1, 0.15) is 45.4 Å². The number of likely N-dealkylation sites (tertiary alicyclic amines) is 1. The highest BCUT2D eigenvalue weighted by atomic mass is 32.2. The lowest BCUT2D eigenvalue weighted by atomic mass is 10.0. The summed E-state index contributed by atoms with van der Waals surface area (Å²) >= 11 is 0.